The fourth-order valence-corrected chi connectivity index (χ4v) is 3.38. The third kappa shape index (κ3) is 1.32. The number of anilines is 1. The first-order valence-corrected chi connectivity index (χ1v) is 6.44. The largest absolute Gasteiger partial charge is 0.347 e. The molecule has 0 saturated carbocycles. The van der Waals surface area contributed by atoms with Crippen LogP contribution in [-0.4, -0.2) is 42.2 Å². The molecule has 4 heteroatoms. The molecule has 1 aromatic carbocycles. The van der Waals surface area contributed by atoms with Crippen LogP contribution in [0.4, 0.5) is 5.69 Å². The normalized spacial score (nSPS) is 26.6. The molecule has 2 aliphatic rings. The average molecular weight is 245 g/mol. The number of carbonyl (C=O) groups is 1. The lowest BCUT2D eigenvalue weighted by atomic mass is 10.0. The maximum absolute atomic E-state index is 12.7. The number of fused-ring (bicyclic) bond motifs is 3. The van der Waals surface area contributed by atoms with E-state index in [0.29, 0.717) is 0 Å². The van der Waals surface area contributed by atoms with Gasteiger partial charge < -0.3 is 4.90 Å². The second-order valence-electron chi connectivity index (χ2n) is 5.45. The molecule has 96 valence electrons. The molecule has 1 atom stereocenters. The lowest BCUT2D eigenvalue weighted by molar-refractivity contribution is -0.0423. The summed E-state index contributed by atoms with van der Waals surface area (Å²) < 4.78 is 0. The van der Waals surface area contributed by atoms with E-state index in [2.05, 4.69) is 17.9 Å². The molecule has 4 nitrogen and oxygen atoms in total. The third-order valence-corrected chi connectivity index (χ3v) is 4.09. The van der Waals surface area contributed by atoms with E-state index < -0.39 is 0 Å². The molecule has 0 aromatic heterocycles. The molecule has 1 aromatic rings. The van der Waals surface area contributed by atoms with E-state index in [-0.39, 0.29) is 11.6 Å². The fraction of sp³-hybridized carbons (Fsp3) is 0.500. The van der Waals surface area contributed by atoms with Crippen molar-refractivity contribution in [3.05, 3.63) is 29.8 Å². The Morgan fingerprint density at radius 2 is 2.00 bits per heavy atom. The van der Waals surface area contributed by atoms with Gasteiger partial charge in [-0.05, 0) is 31.9 Å². The van der Waals surface area contributed by atoms with Crippen molar-refractivity contribution < 1.29 is 4.79 Å². The van der Waals surface area contributed by atoms with Crippen molar-refractivity contribution in [3.8, 4) is 0 Å². The molecule has 1 amide bonds. The maximum Gasteiger partial charge on any atom is 0.272 e. The lowest BCUT2D eigenvalue weighted by Gasteiger charge is -2.51. The Labute approximate surface area is 108 Å². The predicted molar refractivity (Wildman–Crippen MR) is 71.3 cm³/mol. The molecule has 1 unspecified atom stereocenters. The van der Waals surface area contributed by atoms with Gasteiger partial charge in [-0.1, -0.05) is 12.1 Å². The van der Waals surface area contributed by atoms with E-state index in [1.807, 2.05) is 42.3 Å². The summed E-state index contributed by atoms with van der Waals surface area (Å²) in [6.07, 6.45) is 2.15. The Bertz CT molecular complexity index is 500. The molecule has 0 bridgehead atoms. The average Bonchev–Trinajstić information content (AvgIpc) is 2.71. The number of hydrogen-bond acceptors (Lipinski definition) is 3. The van der Waals surface area contributed by atoms with Gasteiger partial charge in [-0.25, -0.2) is 10.0 Å². The highest BCUT2D eigenvalue weighted by Crippen LogP contribution is 2.43. The highest BCUT2D eigenvalue weighted by molar-refractivity contribution is 6.02. The van der Waals surface area contributed by atoms with Gasteiger partial charge in [0.15, 0.2) is 0 Å². The van der Waals surface area contributed by atoms with Crippen LogP contribution in [0.25, 0.3) is 0 Å². The fourth-order valence-electron chi connectivity index (χ4n) is 3.38. The van der Waals surface area contributed by atoms with Gasteiger partial charge in [-0.15, -0.1) is 0 Å². The summed E-state index contributed by atoms with van der Waals surface area (Å²) in [5.41, 5.74) is 1.68. The smallest absolute Gasteiger partial charge is 0.272 e. The maximum atomic E-state index is 12.7. The zero-order chi connectivity index (χ0) is 12.9. The first-order valence-electron chi connectivity index (χ1n) is 6.44. The highest BCUT2D eigenvalue weighted by Gasteiger charge is 2.50. The number of carbonyl (C=O) groups excluding carboxylic acids is 1. The standard InChI is InChI=1S/C14H19N3O/c1-14-9-6-10-16(14)12-8-5-4-7-11(12)13(18)17(14)15(2)3/h4-5,7-8H,6,9-10H2,1-3H3. The van der Waals surface area contributed by atoms with E-state index in [9.17, 15) is 4.79 Å². The van der Waals surface area contributed by atoms with Crippen molar-refractivity contribution in [2.45, 2.75) is 25.4 Å². The van der Waals surface area contributed by atoms with Crippen LogP contribution in [0.1, 0.15) is 30.1 Å². The minimum absolute atomic E-state index is 0.108. The molecule has 0 N–H and O–H groups in total. The monoisotopic (exact) mass is 245 g/mol. The second-order valence-corrected chi connectivity index (χ2v) is 5.45. The molecule has 0 spiro atoms. The number of nitrogens with zero attached hydrogens (tertiary/aromatic N) is 3. The minimum atomic E-state index is -0.213. The molecular formula is C14H19N3O. The Hall–Kier alpha value is -1.55. The Balaban J connectivity index is 2.20. The summed E-state index contributed by atoms with van der Waals surface area (Å²) in [6, 6.07) is 7.93. The van der Waals surface area contributed by atoms with Crippen molar-refractivity contribution in [1.29, 1.82) is 0 Å². The van der Waals surface area contributed by atoms with Crippen LogP contribution < -0.4 is 4.90 Å². The van der Waals surface area contributed by atoms with Crippen LogP contribution in [0.15, 0.2) is 24.3 Å². The summed E-state index contributed by atoms with van der Waals surface area (Å²) in [5.74, 6) is 0.108. The zero-order valence-corrected chi connectivity index (χ0v) is 11.2. The van der Waals surface area contributed by atoms with E-state index in [4.69, 9.17) is 0 Å². The molecule has 1 fully saturated rings. The molecule has 0 radical (unpaired) electrons. The van der Waals surface area contributed by atoms with Gasteiger partial charge in [0.2, 0.25) is 0 Å². The van der Waals surface area contributed by atoms with Crippen LogP contribution in [-0.2, 0) is 0 Å². The molecule has 0 aliphatic carbocycles. The predicted octanol–water partition coefficient (Wildman–Crippen LogP) is 1.94. The van der Waals surface area contributed by atoms with Gasteiger partial charge in [0, 0.05) is 20.6 Å². The van der Waals surface area contributed by atoms with E-state index in [1.165, 1.54) is 0 Å². The quantitative estimate of drug-likeness (QED) is 0.756. The van der Waals surface area contributed by atoms with Crippen LogP contribution in [0.3, 0.4) is 0 Å². The van der Waals surface area contributed by atoms with Gasteiger partial charge in [-0.2, -0.15) is 0 Å². The Morgan fingerprint density at radius 3 is 2.72 bits per heavy atom. The number of amides is 1. The summed E-state index contributed by atoms with van der Waals surface area (Å²) in [6.45, 7) is 3.18. The number of hydrogen-bond donors (Lipinski definition) is 0. The molecule has 1 saturated heterocycles. The summed E-state index contributed by atoms with van der Waals surface area (Å²) >= 11 is 0. The second kappa shape index (κ2) is 3.72. The number of hydrazine groups is 1. The van der Waals surface area contributed by atoms with Crippen molar-refractivity contribution in [1.82, 2.24) is 10.0 Å². The van der Waals surface area contributed by atoms with Crippen LogP contribution in [0.5, 0.6) is 0 Å². The van der Waals surface area contributed by atoms with Crippen LogP contribution >= 0.6 is 0 Å². The summed E-state index contributed by atoms with van der Waals surface area (Å²) in [4.78, 5) is 15.0. The Morgan fingerprint density at radius 1 is 1.28 bits per heavy atom. The number of benzene rings is 1. The van der Waals surface area contributed by atoms with Crippen molar-refractivity contribution in [2.24, 2.45) is 0 Å². The third-order valence-electron chi connectivity index (χ3n) is 4.09. The van der Waals surface area contributed by atoms with E-state index in [1.54, 1.807) is 0 Å². The zero-order valence-electron chi connectivity index (χ0n) is 11.2. The summed E-state index contributed by atoms with van der Waals surface area (Å²) in [7, 11) is 3.88. The summed E-state index contributed by atoms with van der Waals surface area (Å²) in [5, 5.41) is 3.80. The van der Waals surface area contributed by atoms with Crippen molar-refractivity contribution in [3.63, 3.8) is 0 Å². The molecule has 2 heterocycles. The van der Waals surface area contributed by atoms with Gasteiger partial charge in [0.25, 0.3) is 5.91 Å². The van der Waals surface area contributed by atoms with Gasteiger partial charge >= 0.3 is 0 Å². The SMILES string of the molecule is CN(C)N1C(=O)c2ccccc2N2CCCC21C. The van der Waals surface area contributed by atoms with Gasteiger partial charge in [-0.3, -0.25) is 4.79 Å². The minimum Gasteiger partial charge on any atom is -0.347 e. The highest BCUT2D eigenvalue weighted by atomic mass is 16.2. The molecule has 18 heavy (non-hydrogen) atoms. The molecule has 2 aliphatic heterocycles. The Kier molecular flexibility index (Phi) is 2.38. The van der Waals surface area contributed by atoms with Crippen LogP contribution in [0, 0.1) is 0 Å². The van der Waals surface area contributed by atoms with E-state index in [0.717, 1.165) is 30.6 Å². The lowest BCUT2D eigenvalue weighted by Crippen LogP contribution is -2.65. The first-order chi connectivity index (χ1) is 8.55. The van der Waals surface area contributed by atoms with Crippen LogP contribution in [0.2, 0.25) is 0 Å². The number of rotatable bonds is 1. The topological polar surface area (TPSA) is 26.8 Å². The molecule has 3 rings (SSSR count). The number of para-hydroxylation sites is 1. The van der Waals surface area contributed by atoms with Crippen molar-refractivity contribution in [2.75, 3.05) is 25.5 Å². The van der Waals surface area contributed by atoms with Crippen molar-refractivity contribution >= 4 is 11.6 Å². The van der Waals surface area contributed by atoms with E-state index >= 15 is 0 Å². The van der Waals surface area contributed by atoms with Gasteiger partial charge in [0.05, 0.1) is 11.3 Å². The first kappa shape index (κ1) is 11.5. The molecular weight excluding hydrogens is 226 g/mol. The van der Waals surface area contributed by atoms with Gasteiger partial charge in [0.1, 0.15) is 5.66 Å².